The Balaban J connectivity index is 1.06. The van der Waals surface area contributed by atoms with Gasteiger partial charge in [-0.1, -0.05) is 69.6 Å². The third kappa shape index (κ3) is 10.9. The molecule has 0 aromatic heterocycles. The summed E-state index contributed by atoms with van der Waals surface area (Å²) in [7, 11) is 4.91. The van der Waals surface area contributed by atoms with E-state index in [4.69, 9.17) is 56.8 Å². The molecule has 15 nitrogen and oxygen atoms in total. The molecule has 0 amide bonds. The number of hydrogen-bond acceptors (Lipinski definition) is 15. The van der Waals surface area contributed by atoms with Crippen molar-refractivity contribution >= 4 is 5.97 Å². The second kappa shape index (κ2) is 22.0. The van der Waals surface area contributed by atoms with Gasteiger partial charge < -0.3 is 67.1 Å². The van der Waals surface area contributed by atoms with Crippen LogP contribution in [-0.4, -0.2) is 148 Å². The number of methoxy groups -OCH3 is 3. The molecule has 67 heavy (non-hydrogen) atoms. The summed E-state index contributed by atoms with van der Waals surface area (Å²) in [6.45, 7) is 12.2. The molecular weight excluding hydrogens is 865 g/mol. The average molecular weight is 943 g/mol. The highest BCUT2D eigenvalue weighted by Crippen LogP contribution is 2.48. The molecule has 6 aliphatic heterocycles. The molecule has 0 aromatic rings. The molecule has 2 bridgehead atoms. The van der Waals surface area contributed by atoms with Crippen molar-refractivity contribution in [1.29, 1.82) is 0 Å². The number of aliphatic hydroxyl groups is 2. The summed E-state index contributed by atoms with van der Waals surface area (Å²) < 4.78 is 76.0. The molecule has 8 aliphatic rings. The number of carbonyl (C=O) groups excluding carboxylic acids is 1. The molecule has 1 spiro atoms. The summed E-state index contributed by atoms with van der Waals surface area (Å²) in [4.78, 5) is 14.5. The number of rotatable bonds is 10. The summed E-state index contributed by atoms with van der Waals surface area (Å²) in [5.41, 5.74) is 0.177. The van der Waals surface area contributed by atoms with Gasteiger partial charge in [0.2, 0.25) is 0 Å². The molecule has 2 N–H and O–H groups in total. The molecule has 6 heterocycles. The Morgan fingerprint density at radius 1 is 0.821 bits per heavy atom. The predicted molar refractivity (Wildman–Crippen MR) is 245 cm³/mol. The van der Waals surface area contributed by atoms with E-state index in [0.717, 1.165) is 18.4 Å². The minimum absolute atomic E-state index is 0.0240. The molecule has 5 fully saturated rings. The quantitative estimate of drug-likeness (QED) is 0.138. The van der Waals surface area contributed by atoms with Crippen LogP contribution in [0.3, 0.4) is 0 Å². The van der Waals surface area contributed by atoms with Crippen LogP contribution in [0, 0.1) is 23.7 Å². The first-order valence-electron chi connectivity index (χ1n) is 24.9. The van der Waals surface area contributed by atoms with Crippen molar-refractivity contribution in [3.63, 3.8) is 0 Å². The van der Waals surface area contributed by atoms with Crippen LogP contribution in [0.25, 0.3) is 0 Å². The molecule has 4 saturated heterocycles. The Morgan fingerprint density at radius 3 is 2.24 bits per heavy atom. The van der Waals surface area contributed by atoms with E-state index in [1.54, 1.807) is 40.4 Å². The lowest BCUT2D eigenvalue weighted by Gasteiger charge is -2.49. The minimum Gasteiger partial charge on any atom is -0.462 e. The van der Waals surface area contributed by atoms with Crippen LogP contribution < -0.4 is 0 Å². The van der Waals surface area contributed by atoms with Gasteiger partial charge in [0.05, 0.1) is 49.3 Å². The van der Waals surface area contributed by atoms with Crippen LogP contribution in [0.15, 0.2) is 59.3 Å². The number of aliphatic hydroxyl groups excluding tert-OH is 1. The van der Waals surface area contributed by atoms with Gasteiger partial charge in [0, 0.05) is 58.8 Å². The van der Waals surface area contributed by atoms with Crippen molar-refractivity contribution in [3.8, 4) is 0 Å². The van der Waals surface area contributed by atoms with E-state index >= 15 is 0 Å². The van der Waals surface area contributed by atoms with Gasteiger partial charge in [-0.3, -0.25) is 4.79 Å². The first-order valence-corrected chi connectivity index (χ1v) is 24.9. The molecule has 1 saturated carbocycles. The monoisotopic (exact) mass is 943 g/mol. The van der Waals surface area contributed by atoms with E-state index in [0.29, 0.717) is 49.2 Å². The highest BCUT2D eigenvalue weighted by Gasteiger charge is 2.60. The van der Waals surface area contributed by atoms with Crippen molar-refractivity contribution in [3.05, 3.63) is 59.3 Å². The zero-order valence-electron chi connectivity index (χ0n) is 41.1. The second-order valence-electron chi connectivity index (χ2n) is 20.5. The molecule has 0 radical (unpaired) electrons. The number of carbonyl (C=O) groups is 1. The summed E-state index contributed by atoms with van der Waals surface area (Å²) >= 11 is 0. The lowest BCUT2D eigenvalue weighted by atomic mass is 9.71. The smallest absolute Gasteiger partial charge is 0.316 e. The first-order chi connectivity index (χ1) is 32.2. The third-order valence-electron chi connectivity index (χ3n) is 15.8. The Kier molecular flexibility index (Phi) is 16.7. The lowest BCUT2D eigenvalue weighted by molar-refractivity contribution is -0.323. The number of ether oxygens (including phenoxy) is 12. The molecule has 15 heteroatoms. The van der Waals surface area contributed by atoms with Crippen LogP contribution in [-0.2, 0) is 61.6 Å². The van der Waals surface area contributed by atoms with Crippen LogP contribution in [0.2, 0.25) is 0 Å². The van der Waals surface area contributed by atoms with Crippen molar-refractivity contribution in [2.24, 2.45) is 23.7 Å². The normalized spacial score (nSPS) is 47.5. The summed E-state index contributed by atoms with van der Waals surface area (Å²) in [6.07, 6.45) is 14.8. The summed E-state index contributed by atoms with van der Waals surface area (Å²) in [5, 5.41) is 23.9. The predicted octanol–water partition coefficient (Wildman–Crippen LogP) is 6.54. The fraction of sp³-hybridized carbons (Fsp3) is 0.788. The van der Waals surface area contributed by atoms with Gasteiger partial charge in [-0.05, 0) is 75.7 Å². The molecule has 0 aromatic carbocycles. The Morgan fingerprint density at radius 2 is 1.52 bits per heavy atom. The number of fused-ring (bicyclic) bond motifs is 2. The lowest BCUT2D eigenvalue weighted by Crippen LogP contribution is -2.58. The van der Waals surface area contributed by atoms with E-state index in [2.05, 4.69) is 32.9 Å². The largest absolute Gasteiger partial charge is 0.462 e. The van der Waals surface area contributed by atoms with E-state index in [1.807, 2.05) is 32.1 Å². The van der Waals surface area contributed by atoms with Crippen molar-refractivity contribution in [2.75, 3.05) is 34.7 Å². The SMILES string of the molecule is COCO[C@@H]1[C@H](C)O[C@@H](OC2[C@H](C)O[C@@H](O[C@@H]3/C(C)=C/C[C@@H]4C[C@@H](C[C@]5(C=C[C@H](C)[C@@H](C6CCCCC6)O5)O4)OC(=O)[C@@H]4C=C(C)[C@@H](O)[C@H]5OC/C(=C\C=C\[C@@H]3C)[C@]54O)C[C@@H]2OC)C[C@@H]1OC. The number of allylic oxidation sites excluding steroid dienone is 2. The Hall–Kier alpha value is -2.35. The average Bonchev–Trinajstić information content (AvgIpc) is 3.65. The maximum absolute atomic E-state index is 14.5. The van der Waals surface area contributed by atoms with E-state index in [-0.39, 0.29) is 61.9 Å². The standard InChI is InChI=1S/C52H78O15/c1-29-14-13-17-36-27-59-49-44(53)32(4)22-39(52(36,49)55)50(54)63-38-23-37(66-51(26-38)21-20-31(3)46(67-51)35-15-11-10-12-16-35)19-18-30(2)45(29)64-42-25-41(58-9)48(34(6)62-42)65-43-24-40(57-8)47(33(5)61-43)60-28-56-7/h13-14,17-18,20-22,29,31,33-35,37-49,53,55H,10-12,15-16,19,23-28H2,1-9H3/b14-13+,30-18+,36-17+/t29-,31-,33-,34-,37+,38-,39-,40-,41-,42-,43-,44+,45-,46-,47+,48?,49+,51+,52+/m0/s1. The second-order valence-corrected chi connectivity index (χ2v) is 20.5. The third-order valence-corrected chi connectivity index (χ3v) is 15.8. The van der Waals surface area contributed by atoms with E-state index in [1.165, 1.54) is 19.3 Å². The summed E-state index contributed by atoms with van der Waals surface area (Å²) in [5.74, 6) is -2.32. The number of esters is 1. The van der Waals surface area contributed by atoms with E-state index in [9.17, 15) is 15.0 Å². The molecule has 2 aliphatic carbocycles. The first kappa shape index (κ1) is 51.0. The van der Waals surface area contributed by atoms with Gasteiger partial charge in [0.15, 0.2) is 18.4 Å². The van der Waals surface area contributed by atoms with E-state index < -0.39 is 72.5 Å². The Labute approximate surface area is 397 Å². The maximum atomic E-state index is 14.5. The zero-order valence-corrected chi connectivity index (χ0v) is 41.1. The fourth-order valence-electron chi connectivity index (χ4n) is 12.1. The minimum atomic E-state index is -1.83. The van der Waals surface area contributed by atoms with Crippen molar-refractivity contribution in [1.82, 2.24) is 0 Å². The molecule has 19 atom stereocenters. The van der Waals surface area contributed by atoms with Crippen LogP contribution in [0.5, 0.6) is 0 Å². The van der Waals surface area contributed by atoms with Crippen molar-refractivity contribution in [2.45, 2.75) is 203 Å². The maximum Gasteiger partial charge on any atom is 0.316 e. The summed E-state index contributed by atoms with van der Waals surface area (Å²) in [6, 6.07) is 0. The highest BCUT2D eigenvalue weighted by molar-refractivity contribution is 5.78. The van der Waals surface area contributed by atoms with Gasteiger partial charge in [-0.25, -0.2) is 0 Å². The topological polar surface area (TPSA) is 168 Å². The van der Waals surface area contributed by atoms with Gasteiger partial charge in [-0.15, -0.1) is 0 Å². The van der Waals surface area contributed by atoms with Gasteiger partial charge in [0.25, 0.3) is 0 Å². The molecular formula is C52H78O15. The van der Waals surface area contributed by atoms with Gasteiger partial charge >= 0.3 is 5.97 Å². The van der Waals surface area contributed by atoms with Crippen LogP contribution in [0.4, 0.5) is 0 Å². The molecule has 8 rings (SSSR count). The van der Waals surface area contributed by atoms with Crippen molar-refractivity contribution < 1.29 is 71.8 Å². The van der Waals surface area contributed by atoms with Gasteiger partial charge in [0.1, 0.15) is 48.8 Å². The van der Waals surface area contributed by atoms with Crippen LogP contribution in [0.1, 0.15) is 106 Å². The number of hydrogen-bond donors (Lipinski definition) is 2. The Bertz CT molecular complexity index is 1840. The molecule has 376 valence electrons. The van der Waals surface area contributed by atoms with Gasteiger partial charge in [-0.2, -0.15) is 0 Å². The highest BCUT2D eigenvalue weighted by atomic mass is 16.7. The zero-order chi connectivity index (χ0) is 47.6. The van der Waals surface area contributed by atoms with Crippen LogP contribution >= 0.6 is 0 Å². The fourth-order valence-corrected chi connectivity index (χ4v) is 12.1. The molecule has 1 unspecified atom stereocenters.